The maximum atomic E-state index is 11.7. The van der Waals surface area contributed by atoms with E-state index in [9.17, 15) is 13.2 Å². The summed E-state index contributed by atoms with van der Waals surface area (Å²) >= 11 is 0. The molecule has 0 aromatic heterocycles. The highest BCUT2D eigenvalue weighted by Crippen LogP contribution is 2.25. The number of rotatable bonds is 2. The molecule has 1 saturated heterocycles. The van der Waals surface area contributed by atoms with Gasteiger partial charge >= 0.3 is 0 Å². The van der Waals surface area contributed by atoms with E-state index >= 15 is 0 Å². The van der Waals surface area contributed by atoms with Crippen LogP contribution in [0, 0.1) is 5.92 Å². The highest BCUT2D eigenvalue weighted by molar-refractivity contribution is 7.91. The van der Waals surface area contributed by atoms with E-state index in [1.807, 2.05) is 0 Å². The summed E-state index contributed by atoms with van der Waals surface area (Å²) in [6.45, 7) is 0. The maximum absolute atomic E-state index is 11.7. The fourth-order valence-electron chi connectivity index (χ4n) is 2.42. The summed E-state index contributed by atoms with van der Waals surface area (Å²) in [6, 6.07) is -0.136. The quantitative estimate of drug-likeness (QED) is 0.752. The molecule has 1 heterocycles. The van der Waals surface area contributed by atoms with Crippen LogP contribution in [0.25, 0.3) is 0 Å². The topological polar surface area (TPSA) is 63.2 Å². The van der Waals surface area contributed by atoms with Crippen molar-refractivity contribution in [3.8, 4) is 0 Å². The normalized spacial score (nSPS) is 30.5. The van der Waals surface area contributed by atoms with Crippen molar-refractivity contribution < 1.29 is 13.2 Å². The van der Waals surface area contributed by atoms with Crippen molar-refractivity contribution in [2.75, 3.05) is 11.5 Å². The van der Waals surface area contributed by atoms with Crippen LogP contribution in [0.5, 0.6) is 0 Å². The molecule has 86 valence electrons. The van der Waals surface area contributed by atoms with Gasteiger partial charge in [0.05, 0.1) is 11.5 Å². The summed E-state index contributed by atoms with van der Waals surface area (Å²) in [7, 11) is -2.88. The number of nitrogens with one attached hydrogen (secondary N) is 1. The predicted octanol–water partition coefficient (Wildman–Crippen LogP) is 0.480. The van der Waals surface area contributed by atoms with Crippen LogP contribution in [0.4, 0.5) is 0 Å². The van der Waals surface area contributed by atoms with Gasteiger partial charge in [0, 0.05) is 12.0 Å². The van der Waals surface area contributed by atoms with Gasteiger partial charge in [-0.2, -0.15) is 0 Å². The van der Waals surface area contributed by atoms with E-state index in [1.54, 1.807) is 0 Å². The molecule has 1 aliphatic carbocycles. The number of sulfone groups is 1. The Kier molecular flexibility index (Phi) is 3.00. The largest absolute Gasteiger partial charge is 0.352 e. The summed E-state index contributed by atoms with van der Waals surface area (Å²) in [5, 5.41) is 2.86. The van der Waals surface area contributed by atoms with E-state index in [2.05, 4.69) is 5.32 Å². The zero-order valence-corrected chi connectivity index (χ0v) is 9.55. The van der Waals surface area contributed by atoms with Gasteiger partial charge in [0.2, 0.25) is 5.91 Å². The van der Waals surface area contributed by atoms with Gasteiger partial charge in [-0.05, 0) is 19.3 Å². The van der Waals surface area contributed by atoms with Crippen LogP contribution in [-0.2, 0) is 14.6 Å². The van der Waals surface area contributed by atoms with Gasteiger partial charge in [0.25, 0.3) is 0 Å². The minimum Gasteiger partial charge on any atom is -0.352 e. The summed E-state index contributed by atoms with van der Waals surface area (Å²) in [5.74, 6) is 0.552. The van der Waals surface area contributed by atoms with Crippen LogP contribution in [-0.4, -0.2) is 31.9 Å². The first-order chi connectivity index (χ1) is 7.07. The lowest BCUT2D eigenvalue weighted by Crippen LogP contribution is -2.38. The van der Waals surface area contributed by atoms with E-state index in [4.69, 9.17) is 0 Å². The first-order valence-electron chi connectivity index (χ1n) is 5.58. The minimum absolute atomic E-state index is 0.0644. The molecule has 0 spiro atoms. The van der Waals surface area contributed by atoms with Crippen molar-refractivity contribution in [1.29, 1.82) is 0 Å². The number of carbonyl (C=O) groups excluding carboxylic acids is 1. The highest BCUT2D eigenvalue weighted by atomic mass is 32.2. The van der Waals surface area contributed by atoms with Crippen LogP contribution in [0.3, 0.4) is 0 Å². The van der Waals surface area contributed by atoms with Crippen molar-refractivity contribution in [1.82, 2.24) is 5.32 Å². The third kappa shape index (κ3) is 2.71. The summed E-state index contributed by atoms with van der Waals surface area (Å²) in [5.41, 5.74) is 0. The Morgan fingerprint density at radius 3 is 2.33 bits per heavy atom. The van der Waals surface area contributed by atoms with Crippen LogP contribution in [0.1, 0.15) is 32.1 Å². The summed E-state index contributed by atoms with van der Waals surface area (Å²) < 4.78 is 22.4. The minimum atomic E-state index is -2.88. The van der Waals surface area contributed by atoms with Crippen LogP contribution in [0.2, 0.25) is 0 Å². The van der Waals surface area contributed by atoms with Crippen molar-refractivity contribution in [2.45, 2.75) is 38.1 Å². The Labute approximate surface area is 90.3 Å². The van der Waals surface area contributed by atoms with Gasteiger partial charge in [0.1, 0.15) is 0 Å². The summed E-state index contributed by atoms with van der Waals surface area (Å²) in [6.07, 6.45) is 4.76. The van der Waals surface area contributed by atoms with E-state index in [0.29, 0.717) is 6.42 Å². The lowest BCUT2D eigenvalue weighted by Gasteiger charge is -2.14. The van der Waals surface area contributed by atoms with Gasteiger partial charge < -0.3 is 5.32 Å². The second-order valence-corrected chi connectivity index (χ2v) is 6.82. The molecular weight excluding hydrogens is 214 g/mol. The molecule has 15 heavy (non-hydrogen) atoms. The molecule has 0 unspecified atom stereocenters. The molecule has 1 saturated carbocycles. The number of hydrogen-bond donors (Lipinski definition) is 1. The molecule has 0 radical (unpaired) electrons. The van der Waals surface area contributed by atoms with Gasteiger partial charge in [-0.3, -0.25) is 4.79 Å². The molecule has 1 aliphatic heterocycles. The molecule has 2 fully saturated rings. The molecule has 4 nitrogen and oxygen atoms in total. The lowest BCUT2D eigenvalue weighted by atomic mass is 10.1. The average molecular weight is 231 g/mol. The number of hydrogen-bond acceptors (Lipinski definition) is 3. The zero-order valence-electron chi connectivity index (χ0n) is 8.74. The molecular formula is C10H17NO3S. The standard InChI is InChI=1S/C10H17NO3S/c12-10(8-3-1-2-4-8)11-9-5-6-15(13,14)7-9/h8-9H,1-7H2,(H,11,12)/t9-/m0/s1. The molecule has 0 bridgehead atoms. The molecule has 5 heteroatoms. The van der Waals surface area contributed by atoms with Gasteiger partial charge in [-0.25, -0.2) is 8.42 Å². The van der Waals surface area contributed by atoms with Crippen molar-refractivity contribution in [2.24, 2.45) is 5.92 Å². The van der Waals surface area contributed by atoms with Crippen molar-refractivity contribution >= 4 is 15.7 Å². The second kappa shape index (κ2) is 4.12. The van der Waals surface area contributed by atoms with Gasteiger partial charge in [0.15, 0.2) is 9.84 Å². The molecule has 0 aromatic rings. The Hall–Kier alpha value is -0.580. The Bertz CT molecular complexity index is 344. The Morgan fingerprint density at radius 2 is 1.80 bits per heavy atom. The van der Waals surface area contributed by atoms with E-state index < -0.39 is 9.84 Å². The third-order valence-electron chi connectivity index (χ3n) is 3.30. The summed E-state index contributed by atoms with van der Waals surface area (Å²) in [4.78, 5) is 11.7. The molecule has 1 N–H and O–H groups in total. The van der Waals surface area contributed by atoms with Crippen molar-refractivity contribution in [3.63, 3.8) is 0 Å². The molecule has 0 aromatic carbocycles. The average Bonchev–Trinajstić information content (AvgIpc) is 2.74. The molecule has 1 atom stereocenters. The van der Waals surface area contributed by atoms with Crippen LogP contribution < -0.4 is 5.32 Å². The predicted molar refractivity (Wildman–Crippen MR) is 57.2 cm³/mol. The zero-order chi connectivity index (χ0) is 10.9. The molecule has 1 amide bonds. The monoisotopic (exact) mass is 231 g/mol. The molecule has 2 rings (SSSR count). The van der Waals surface area contributed by atoms with Crippen LogP contribution >= 0.6 is 0 Å². The fraction of sp³-hybridized carbons (Fsp3) is 0.900. The van der Waals surface area contributed by atoms with Crippen LogP contribution in [0.15, 0.2) is 0 Å². The van der Waals surface area contributed by atoms with Gasteiger partial charge in [-0.1, -0.05) is 12.8 Å². The lowest BCUT2D eigenvalue weighted by molar-refractivity contribution is -0.125. The number of carbonyl (C=O) groups is 1. The Balaban J connectivity index is 1.85. The smallest absolute Gasteiger partial charge is 0.223 e. The van der Waals surface area contributed by atoms with Crippen molar-refractivity contribution in [3.05, 3.63) is 0 Å². The first-order valence-corrected chi connectivity index (χ1v) is 7.40. The number of amides is 1. The maximum Gasteiger partial charge on any atom is 0.223 e. The Morgan fingerprint density at radius 1 is 1.13 bits per heavy atom. The fourth-order valence-corrected chi connectivity index (χ4v) is 4.09. The second-order valence-electron chi connectivity index (χ2n) is 4.59. The molecule has 2 aliphatic rings. The van der Waals surface area contributed by atoms with Gasteiger partial charge in [-0.15, -0.1) is 0 Å². The third-order valence-corrected chi connectivity index (χ3v) is 5.07. The van der Waals surface area contributed by atoms with E-state index in [0.717, 1.165) is 25.7 Å². The van der Waals surface area contributed by atoms with E-state index in [-0.39, 0.29) is 29.4 Å². The SMILES string of the molecule is O=C(N[C@H]1CCS(=O)(=O)C1)C1CCCC1. The first kappa shape index (κ1) is 10.9. The highest BCUT2D eigenvalue weighted by Gasteiger charge is 2.31. The van der Waals surface area contributed by atoms with E-state index in [1.165, 1.54) is 0 Å².